The predicted octanol–water partition coefficient (Wildman–Crippen LogP) is 5.36. The van der Waals surface area contributed by atoms with Gasteiger partial charge in [0.05, 0.1) is 17.4 Å². The van der Waals surface area contributed by atoms with Gasteiger partial charge in [-0.2, -0.15) is 13.2 Å². The van der Waals surface area contributed by atoms with Gasteiger partial charge in [-0.3, -0.25) is 4.79 Å². The number of carbonyl (C=O) groups excluding carboxylic acids is 2. The molecular weight excluding hydrogens is 483 g/mol. The molecule has 4 rings (SSSR count). The molecule has 182 valence electrons. The van der Waals surface area contributed by atoms with E-state index in [0.717, 1.165) is 12.1 Å². The van der Waals surface area contributed by atoms with E-state index in [2.05, 4.69) is 15.6 Å². The van der Waals surface area contributed by atoms with Crippen molar-refractivity contribution in [3.05, 3.63) is 83.0 Å². The minimum Gasteiger partial charge on any atom is -0.353 e. The van der Waals surface area contributed by atoms with Crippen molar-refractivity contribution < 1.29 is 22.8 Å². The zero-order valence-corrected chi connectivity index (χ0v) is 19.1. The van der Waals surface area contributed by atoms with Crippen molar-refractivity contribution in [2.24, 2.45) is 0 Å². The standard InChI is InChI=1S/C24H21ClF3N5O2/c25-18-5-1-16(2-6-18)22(34)33-13-11-32(12-14-33)21-10-9-20(15-29-21)31-23(35)30-19-7-3-17(4-8-19)24(26,27)28/h1-10,15H,11-14H2,(H2,30,31,35). The first-order chi connectivity index (χ1) is 16.7. The summed E-state index contributed by atoms with van der Waals surface area (Å²) in [6.45, 7) is 2.29. The minimum atomic E-state index is -4.44. The summed E-state index contributed by atoms with van der Waals surface area (Å²) in [5, 5.41) is 5.65. The molecular formula is C24H21ClF3N5O2. The molecule has 1 aromatic heterocycles. The Morgan fingerprint density at radius 3 is 2.00 bits per heavy atom. The third-order valence-electron chi connectivity index (χ3n) is 5.46. The van der Waals surface area contributed by atoms with Crippen molar-refractivity contribution in [1.82, 2.24) is 9.88 Å². The van der Waals surface area contributed by atoms with Crippen LogP contribution in [0.4, 0.5) is 35.2 Å². The molecule has 0 atom stereocenters. The molecule has 0 saturated carbocycles. The monoisotopic (exact) mass is 503 g/mol. The molecule has 0 aliphatic carbocycles. The van der Waals surface area contributed by atoms with Crippen molar-refractivity contribution in [3.63, 3.8) is 0 Å². The number of urea groups is 1. The second-order valence-electron chi connectivity index (χ2n) is 7.85. The summed E-state index contributed by atoms with van der Waals surface area (Å²) in [6.07, 6.45) is -2.94. The number of rotatable bonds is 4. The van der Waals surface area contributed by atoms with Crippen molar-refractivity contribution in [1.29, 1.82) is 0 Å². The number of nitrogens with one attached hydrogen (secondary N) is 2. The Labute approximate surface area is 204 Å². The molecule has 1 fully saturated rings. The van der Waals surface area contributed by atoms with Crippen LogP contribution in [0.2, 0.25) is 5.02 Å². The summed E-state index contributed by atoms with van der Waals surface area (Å²) in [6, 6.07) is 13.8. The van der Waals surface area contributed by atoms with Crippen LogP contribution < -0.4 is 15.5 Å². The molecule has 35 heavy (non-hydrogen) atoms. The Hall–Kier alpha value is -3.79. The summed E-state index contributed by atoms with van der Waals surface area (Å²) in [7, 11) is 0. The number of carbonyl (C=O) groups is 2. The highest BCUT2D eigenvalue weighted by Gasteiger charge is 2.30. The second kappa shape index (κ2) is 10.2. The van der Waals surface area contributed by atoms with E-state index in [1.165, 1.54) is 18.3 Å². The Kier molecular flexibility index (Phi) is 7.11. The van der Waals surface area contributed by atoms with E-state index in [1.54, 1.807) is 41.3 Å². The maximum atomic E-state index is 12.6. The second-order valence-corrected chi connectivity index (χ2v) is 8.28. The number of anilines is 3. The van der Waals surface area contributed by atoms with Crippen molar-refractivity contribution >= 4 is 40.7 Å². The molecule has 1 aliphatic rings. The number of hydrogen-bond acceptors (Lipinski definition) is 4. The maximum absolute atomic E-state index is 12.6. The fourth-order valence-electron chi connectivity index (χ4n) is 3.60. The lowest BCUT2D eigenvalue weighted by Gasteiger charge is -2.35. The zero-order chi connectivity index (χ0) is 25.0. The van der Waals surface area contributed by atoms with E-state index in [9.17, 15) is 22.8 Å². The molecule has 0 bridgehead atoms. The number of nitrogens with zero attached hydrogens (tertiary/aromatic N) is 3. The van der Waals surface area contributed by atoms with E-state index < -0.39 is 17.8 Å². The summed E-state index contributed by atoms with van der Waals surface area (Å²) in [5.74, 6) is 0.658. The van der Waals surface area contributed by atoms with Gasteiger partial charge in [0.2, 0.25) is 0 Å². The highest BCUT2D eigenvalue weighted by Crippen LogP contribution is 2.29. The number of pyridine rings is 1. The molecule has 3 amide bonds. The number of amides is 3. The van der Waals surface area contributed by atoms with Gasteiger partial charge in [-0.05, 0) is 60.7 Å². The van der Waals surface area contributed by atoms with E-state index in [0.29, 0.717) is 48.3 Å². The lowest BCUT2D eigenvalue weighted by atomic mass is 10.2. The van der Waals surface area contributed by atoms with Crippen molar-refractivity contribution in [2.75, 3.05) is 41.7 Å². The first-order valence-electron chi connectivity index (χ1n) is 10.7. The smallest absolute Gasteiger partial charge is 0.353 e. The number of halogens is 4. The molecule has 1 aliphatic heterocycles. The van der Waals surface area contributed by atoms with Crippen LogP contribution in [0.3, 0.4) is 0 Å². The number of hydrogen-bond donors (Lipinski definition) is 2. The Bertz CT molecular complexity index is 1180. The highest BCUT2D eigenvalue weighted by atomic mass is 35.5. The van der Waals surface area contributed by atoms with Crippen LogP contribution >= 0.6 is 11.6 Å². The summed E-state index contributed by atoms with van der Waals surface area (Å²) >= 11 is 5.88. The SMILES string of the molecule is O=C(Nc1ccc(C(F)(F)F)cc1)Nc1ccc(N2CCN(C(=O)c3ccc(Cl)cc3)CC2)nc1. The van der Waals surface area contributed by atoms with Crippen LogP contribution in [-0.4, -0.2) is 48.0 Å². The highest BCUT2D eigenvalue weighted by molar-refractivity contribution is 6.30. The van der Waals surface area contributed by atoms with Gasteiger partial charge in [0, 0.05) is 42.5 Å². The number of aromatic nitrogens is 1. The number of benzene rings is 2. The Morgan fingerprint density at radius 1 is 0.829 bits per heavy atom. The predicted molar refractivity (Wildman–Crippen MR) is 128 cm³/mol. The van der Waals surface area contributed by atoms with E-state index in [1.807, 2.05) is 4.90 Å². The van der Waals surface area contributed by atoms with E-state index in [4.69, 9.17) is 11.6 Å². The number of piperazine rings is 1. The summed E-state index contributed by atoms with van der Waals surface area (Å²) < 4.78 is 37.9. The molecule has 0 radical (unpaired) electrons. The van der Waals surface area contributed by atoms with Crippen LogP contribution in [0.1, 0.15) is 15.9 Å². The third kappa shape index (κ3) is 6.21. The van der Waals surface area contributed by atoms with Gasteiger partial charge in [0.25, 0.3) is 5.91 Å². The van der Waals surface area contributed by atoms with Gasteiger partial charge in [-0.15, -0.1) is 0 Å². The van der Waals surface area contributed by atoms with Crippen LogP contribution in [0.25, 0.3) is 0 Å². The Balaban J connectivity index is 1.28. The van der Waals surface area contributed by atoms with E-state index >= 15 is 0 Å². The maximum Gasteiger partial charge on any atom is 0.416 e. The first kappa shape index (κ1) is 24.3. The van der Waals surface area contributed by atoms with Gasteiger partial charge in [-0.1, -0.05) is 11.6 Å². The molecule has 0 spiro atoms. The lowest BCUT2D eigenvalue weighted by Crippen LogP contribution is -2.49. The van der Waals surface area contributed by atoms with Gasteiger partial charge in [0.1, 0.15) is 5.82 Å². The summed E-state index contributed by atoms with van der Waals surface area (Å²) in [4.78, 5) is 33.0. The van der Waals surface area contributed by atoms with Crippen LogP contribution in [-0.2, 0) is 6.18 Å². The molecule has 11 heteroatoms. The molecule has 7 nitrogen and oxygen atoms in total. The molecule has 2 N–H and O–H groups in total. The lowest BCUT2D eigenvalue weighted by molar-refractivity contribution is -0.137. The first-order valence-corrected chi connectivity index (χ1v) is 11.1. The average molecular weight is 504 g/mol. The van der Waals surface area contributed by atoms with Gasteiger partial charge >= 0.3 is 12.2 Å². The molecule has 0 unspecified atom stereocenters. The zero-order valence-electron chi connectivity index (χ0n) is 18.3. The van der Waals surface area contributed by atoms with E-state index in [-0.39, 0.29) is 11.6 Å². The van der Waals surface area contributed by atoms with Crippen molar-refractivity contribution in [2.45, 2.75) is 6.18 Å². The minimum absolute atomic E-state index is 0.0483. The van der Waals surface area contributed by atoms with Crippen LogP contribution in [0.5, 0.6) is 0 Å². The van der Waals surface area contributed by atoms with Crippen LogP contribution in [0, 0.1) is 0 Å². The third-order valence-corrected chi connectivity index (χ3v) is 5.71. The van der Waals surface area contributed by atoms with Crippen molar-refractivity contribution in [3.8, 4) is 0 Å². The Morgan fingerprint density at radius 2 is 1.43 bits per heavy atom. The fourth-order valence-corrected chi connectivity index (χ4v) is 3.72. The van der Waals surface area contributed by atoms with Gasteiger partial charge < -0.3 is 20.4 Å². The molecule has 1 saturated heterocycles. The normalized spacial score (nSPS) is 13.9. The van der Waals surface area contributed by atoms with Gasteiger partial charge in [0.15, 0.2) is 0 Å². The summed E-state index contributed by atoms with van der Waals surface area (Å²) in [5.41, 5.74) is 0.449. The molecule has 3 aromatic rings. The van der Waals surface area contributed by atoms with Crippen LogP contribution in [0.15, 0.2) is 66.9 Å². The van der Waals surface area contributed by atoms with Gasteiger partial charge in [-0.25, -0.2) is 9.78 Å². The fraction of sp³-hybridized carbons (Fsp3) is 0.208. The topological polar surface area (TPSA) is 77.6 Å². The largest absolute Gasteiger partial charge is 0.416 e. The average Bonchev–Trinajstić information content (AvgIpc) is 2.84. The quantitative estimate of drug-likeness (QED) is 0.502. The molecule has 2 aromatic carbocycles. The molecule has 2 heterocycles. The number of alkyl halides is 3.